The molecule has 18 heavy (non-hydrogen) atoms. The van der Waals surface area contributed by atoms with Crippen LogP contribution < -0.4 is 15.8 Å². The quantitative estimate of drug-likeness (QED) is 0.630. The SMILES string of the molecule is CC[C@@H](CO)NC(=O)CCOc1ccccc1N. The number of rotatable bonds is 7. The highest BCUT2D eigenvalue weighted by atomic mass is 16.5. The summed E-state index contributed by atoms with van der Waals surface area (Å²) in [5.74, 6) is 0.449. The van der Waals surface area contributed by atoms with Crippen LogP contribution >= 0.6 is 0 Å². The van der Waals surface area contributed by atoms with E-state index in [2.05, 4.69) is 5.32 Å². The predicted octanol–water partition coefficient (Wildman–Crippen LogP) is 0.925. The second kappa shape index (κ2) is 7.55. The number of aliphatic hydroxyl groups is 1. The number of carbonyl (C=O) groups is 1. The summed E-state index contributed by atoms with van der Waals surface area (Å²) in [5, 5.41) is 11.7. The van der Waals surface area contributed by atoms with E-state index in [9.17, 15) is 4.79 Å². The van der Waals surface area contributed by atoms with Crippen LogP contribution in [-0.2, 0) is 4.79 Å². The summed E-state index contributed by atoms with van der Waals surface area (Å²) >= 11 is 0. The topological polar surface area (TPSA) is 84.6 Å². The van der Waals surface area contributed by atoms with Gasteiger partial charge in [-0.15, -0.1) is 0 Å². The molecule has 0 bridgehead atoms. The maximum Gasteiger partial charge on any atom is 0.223 e. The molecular weight excluding hydrogens is 232 g/mol. The molecule has 5 nitrogen and oxygen atoms in total. The Labute approximate surface area is 107 Å². The third-order valence-electron chi connectivity index (χ3n) is 2.58. The highest BCUT2D eigenvalue weighted by Gasteiger charge is 2.09. The average Bonchev–Trinajstić information content (AvgIpc) is 2.38. The predicted molar refractivity (Wildman–Crippen MR) is 70.3 cm³/mol. The van der Waals surface area contributed by atoms with Crippen molar-refractivity contribution in [1.82, 2.24) is 5.32 Å². The third-order valence-corrected chi connectivity index (χ3v) is 2.58. The Morgan fingerprint density at radius 3 is 2.83 bits per heavy atom. The Hall–Kier alpha value is -1.75. The standard InChI is InChI=1S/C13H20N2O3/c1-2-10(9-16)15-13(17)7-8-18-12-6-4-3-5-11(12)14/h3-6,10,16H,2,7-9,14H2,1H3,(H,15,17)/t10-/m0/s1. The molecule has 0 aromatic heterocycles. The van der Waals surface area contributed by atoms with Crippen molar-refractivity contribution in [2.24, 2.45) is 0 Å². The molecule has 0 aliphatic heterocycles. The lowest BCUT2D eigenvalue weighted by Gasteiger charge is -2.14. The molecule has 0 saturated carbocycles. The third kappa shape index (κ3) is 4.63. The fraction of sp³-hybridized carbons (Fsp3) is 0.462. The zero-order valence-electron chi connectivity index (χ0n) is 10.6. The molecular formula is C13H20N2O3. The maximum absolute atomic E-state index is 11.5. The fourth-order valence-electron chi connectivity index (χ4n) is 1.44. The zero-order valence-corrected chi connectivity index (χ0v) is 10.6. The van der Waals surface area contributed by atoms with Gasteiger partial charge in [-0.05, 0) is 18.6 Å². The van der Waals surface area contributed by atoms with Gasteiger partial charge in [0, 0.05) is 0 Å². The fourth-order valence-corrected chi connectivity index (χ4v) is 1.44. The molecule has 100 valence electrons. The van der Waals surface area contributed by atoms with Crippen LogP contribution in [0.25, 0.3) is 0 Å². The van der Waals surface area contributed by atoms with Gasteiger partial charge in [0.25, 0.3) is 0 Å². The number of aliphatic hydroxyl groups excluding tert-OH is 1. The number of nitrogen functional groups attached to an aromatic ring is 1. The number of nitrogens with two attached hydrogens (primary N) is 1. The van der Waals surface area contributed by atoms with E-state index in [4.69, 9.17) is 15.6 Å². The number of carbonyl (C=O) groups excluding carboxylic acids is 1. The van der Waals surface area contributed by atoms with Crippen molar-refractivity contribution in [2.75, 3.05) is 18.9 Å². The molecule has 1 aromatic rings. The molecule has 1 rings (SSSR count). The van der Waals surface area contributed by atoms with E-state index >= 15 is 0 Å². The zero-order chi connectivity index (χ0) is 13.4. The summed E-state index contributed by atoms with van der Waals surface area (Å²) < 4.78 is 5.41. The number of benzene rings is 1. The molecule has 0 aliphatic carbocycles. The summed E-state index contributed by atoms with van der Waals surface area (Å²) in [7, 11) is 0. The molecule has 0 fully saturated rings. The normalized spacial score (nSPS) is 11.9. The van der Waals surface area contributed by atoms with Crippen LogP contribution in [0.4, 0.5) is 5.69 Å². The number of para-hydroxylation sites is 2. The van der Waals surface area contributed by atoms with Crippen LogP contribution in [0.3, 0.4) is 0 Å². The summed E-state index contributed by atoms with van der Waals surface area (Å²) in [6.07, 6.45) is 0.944. The van der Waals surface area contributed by atoms with E-state index in [0.29, 0.717) is 17.9 Å². The minimum Gasteiger partial charge on any atom is -0.491 e. The van der Waals surface area contributed by atoms with Crippen molar-refractivity contribution in [3.05, 3.63) is 24.3 Å². The van der Waals surface area contributed by atoms with Gasteiger partial charge in [-0.25, -0.2) is 0 Å². The molecule has 0 unspecified atom stereocenters. The minimum absolute atomic E-state index is 0.0469. The highest BCUT2D eigenvalue weighted by Crippen LogP contribution is 2.19. The Morgan fingerprint density at radius 1 is 1.50 bits per heavy atom. The number of amides is 1. The lowest BCUT2D eigenvalue weighted by atomic mass is 10.2. The van der Waals surface area contributed by atoms with E-state index in [0.717, 1.165) is 0 Å². The molecule has 0 heterocycles. The molecule has 0 spiro atoms. The number of hydrogen-bond donors (Lipinski definition) is 3. The summed E-state index contributed by atoms with van der Waals surface area (Å²) in [4.78, 5) is 11.5. The van der Waals surface area contributed by atoms with Gasteiger partial charge < -0.3 is 20.9 Å². The largest absolute Gasteiger partial charge is 0.491 e. The van der Waals surface area contributed by atoms with Crippen LogP contribution in [0.5, 0.6) is 5.75 Å². The first-order valence-corrected chi connectivity index (χ1v) is 6.05. The van der Waals surface area contributed by atoms with Crippen LogP contribution in [0, 0.1) is 0 Å². The smallest absolute Gasteiger partial charge is 0.223 e. The van der Waals surface area contributed by atoms with Crippen LogP contribution in [0.1, 0.15) is 19.8 Å². The van der Waals surface area contributed by atoms with Gasteiger partial charge in [0.15, 0.2) is 0 Å². The molecule has 4 N–H and O–H groups in total. The Bertz CT molecular complexity index is 378. The van der Waals surface area contributed by atoms with Gasteiger partial charge in [0.1, 0.15) is 5.75 Å². The van der Waals surface area contributed by atoms with Gasteiger partial charge in [-0.1, -0.05) is 19.1 Å². The molecule has 0 aliphatic rings. The van der Waals surface area contributed by atoms with Gasteiger partial charge in [0.2, 0.25) is 5.91 Å². The molecule has 5 heteroatoms. The maximum atomic E-state index is 11.5. The summed E-state index contributed by atoms with van der Waals surface area (Å²) in [6.45, 7) is 2.12. The van der Waals surface area contributed by atoms with E-state index in [1.807, 2.05) is 19.1 Å². The van der Waals surface area contributed by atoms with Crippen molar-refractivity contribution in [3.63, 3.8) is 0 Å². The first-order valence-electron chi connectivity index (χ1n) is 6.05. The Kier molecular flexibility index (Phi) is 6.00. The Balaban J connectivity index is 2.29. The van der Waals surface area contributed by atoms with Crippen LogP contribution in [0.15, 0.2) is 24.3 Å². The van der Waals surface area contributed by atoms with E-state index in [1.54, 1.807) is 12.1 Å². The number of nitrogens with one attached hydrogen (secondary N) is 1. The molecule has 1 atom stereocenters. The summed E-state index contributed by atoms with van der Waals surface area (Å²) in [6, 6.07) is 6.97. The van der Waals surface area contributed by atoms with Gasteiger partial charge in [-0.2, -0.15) is 0 Å². The summed E-state index contributed by atoms with van der Waals surface area (Å²) in [5.41, 5.74) is 6.26. The van der Waals surface area contributed by atoms with Gasteiger partial charge in [-0.3, -0.25) is 4.79 Å². The number of anilines is 1. The first kappa shape index (κ1) is 14.3. The molecule has 0 saturated heterocycles. The minimum atomic E-state index is -0.181. The van der Waals surface area contributed by atoms with Crippen molar-refractivity contribution < 1.29 is 14.6 Å². The number of ether oxygens (including phenoxy) is 1. The molecule has 0 radical (unpaired) electrons. The number of hydrogen-bond acceptors (Lipinski definition) is 4. The van der Waals surface area contributed by atoms with Crippen molar-refractivity contribution in [3.8, 4) is 5.75 Å². The lowest BCUT2D eigenvalue weighted by molar-refractivity contribution is -0.122. The second-order valence-corrected chi connectivity index (χ2v) is 3.99. The Morgan fingerprint density at radius 2 is 2.22 bits per heavy atom. The van der Waals surface area contributed by atoms with Crippen molar-refractivity contribution in [1.29, 1.82) is 0 Å². The first-order chi connectivity index (χ1) is 8.67. The van der Waals surface area contributed by atoms with Crippen LogP contribution in [-0.4, -0.2) is 30.3 Å². The lowest BCUT2D eigenvalue weighted by Crippen LogP contribution is -2.37. The second-order valence-electron chi connectivity index (χ2n) is 3.99. The highest BCUT2D eigenvalue weighted by molar-refractivity contribution is 5.76. The monoisotopic (exact) mass is 252 g/mol. The van der Waals surface area contributed by atoms with Crippen LogP contribution in [0.2, 0.25) is 0 Å². The average molecular weight is 252 g/mol. The van der Waals surface area contributed by atoms with Crippen molar-refractivity contribution >= 4 is 11.6 Å². The van der Waals surface area contributed by atoms with Gasteiger partial charge >= 0.3 is 0 Å². The molecule has 1 aromatic carbocycles. The van der Waals surface area contributed by atoms with Gasteiger partial charge in [0.05, 0.1) is 31.4 Å². The van der Waals surface area contributed by atoms with E-state index < -0.39 is 0 Å². The van der Waals surface area contributed by atoms with E-state index in [-0.39, 0.29) is 31.6 Å². The molecule has 1 amide bonds. The van der Waals surface area contributed by atoms with E-state index in [1.165, 1.54) is 0 Å². The van der Waals surface area contributed by atoms with Crippen molar-refractivity contribution in [2.45, 2.75) is 25.8 Å².